The number of fused-ring (bicyclic) bond motifs is 2. The van der Waals surface area contributed by atoms with Crippen molar-refractivity contribution in [2.45, 2.75) is 0 Å². The van der Waals surface area contributed by atoms with Crippen LogP contribution in [0.3, 0.4) is 0 Å². The highest BCUT2D eigenvalue weighted by molar-refractivity contribution is 9.10. The van der Waals surface area contributed by atoms with E-state index in [1.165, 1.54) is 0 Å². The number of halogens is 1. The van der Waals surface area contributed by atoms with Crippen molar-refractivity contribution < 1.29 is 20.1 Å². The van der Waals surface area contributed by atoms with Crippen LogP contribution in [0.15, 0.2) is 224 Å². The van der Waals surface area contributed by atoms with Crippen LogP contribution in [0, 0.1) is 0 Å². The number of para-hydroxylation sites is 4. The van der Waals surface area contributed by atoms with E-state index in [1.807, 2.05) is 85.2 Å². The molecule has 5 aromatic heterocycles. The third kappa shape index (κ3) is 11.2. The van der Waals surface area contributed by atoms with Gasteiger partial charge < -0.3 is 20.1 Å². The summed E-state index contributed by atoms with van der Waals surface area (Å²) in [7, 11) is -3.07. The molecule has 11 rings (SSSR count). The van der Waals surface area contributed by atoms with Crippen LogP contribution < -0.4 is 10.9 Å². The highest BCUT2D eigenvalue weighted by Crippen LogP contribution is 2.34. The highest BCUT2D eigenvalue weighted by atomic mass is 79.9. The van der Waals surface area contributed by atoms with E-state index >= 15 is 0 Å². The predicted octanol–water partition coefficient (Wildman–Crippen LogP) is 9.26. The van der Waals surface area contributed by atoms with E-state index in [0.29, 0.717) is 22.3 Å². The average molecular weight is 964 g/mol. The van der Waals surface area contributed by atoms with Crippen LogP contribution in [0.5, 0.6) is 0 Å². The molecular formula is C55H40B2BrN7O4. The zero-order valence-corrected chi connectivity index (χ0v) is 38.3. The maximum Gasteiger partial charge on any atom is 0.488 e. The molecule has 0 atom stereocenters. The second-order valence-corrected chi connectivity index (χ2v) is 16.5. The first-order chi connectivity index (χ1) is 33.8. The van der Waals surface area contributed by atoms with E-state index in [1.54, 1.807) is 73.3 Å². The Balaban J connectivity index is 0.000000153. The highest BCUT2D eigenvalue weighted by Gasteiger charge is 2.18. The predicted molar refractivity (Wildman–Crippen MR) is 279 cm³/mol. The van der Waals surface area contributed by atoms with Gasteiger partial charge in [0, 0.05) is 63.9 Å². The fourth-order valence-corrected chi connectivity index (χ4v) is 7.75. The molecule has 0 aliphatic heterocycles. The molecule has 14 heteroatoms. The monoisotopic (exact) mass is 963 g/mol. The second kappa shape index (κ2) is 21.7. The first kappa shape index (κ1) is 46.0. The summed E-state index contributed by atoms with van der Waals surface area (Å²) in [5, 5.41) is 37.3. The van der Waals surface area contributed by atoms with Gasteiger partial charge >= 0.3 is 14.2 Å². The molecule has 0 amide bonds. The van der Waals surface area contributed by atoms with Crippen LogP contribution in [0.25, 0.3) is 89.4 Å². The molecule has 0 aliphatic carbocycles. The fourth-order valence-electron chi connectivity index (χ4n) is 7.48. The van der Waals surface area contributed by atoms with Gasteiger partial charge in [-0.3, -0.25) is 15.0 Å². The number of hydrogen-bond acceptors (Lipinski definition) is 11. The summed E-state index contributed by atoms with van der Waals surface area (Å²) in [4.78, 5) is 31.9. The number of nitrogens with zero attached hydrogens (tertiary/aromatic N) is 7. The lowest BCUT2D eigenvalue weighted by molar-refractivity contribution is 0.424. The number of pyridine rings is 3. The molecule has 11 aromatic rings. The average Bonchev–Trinajstić information content (AvgIpc) is 3.41. The Labute approximate surface area is 407 Å². The van der Waals surface area contributed by atoms with E-state index in [0.717, 1.165) is 82.4 Å². The standard InChI is InChI=1S/C30H20N4.C20H16B2N2O4.C5H4BrN/c1-2-8-28-27(7-1)33-29(23-13-9-21(10-14-23)25-5-3-17-31-19-25)30(34-28)24-15-11-22(12-16-24)26-6-4-18-32-20-26;25-21(26)15-9-5-13(6-10-15)19-20(14-7-11-16(12-8-14)22(27)28)24-18-4-2-1-3-17(18)23-19;6-5-2-1-3-7-4-5/h1-20H;1-12,25-28H;1-4H. The van der Waals surface area contributed by atoms with E-state index in [4.69, 9.17) is 19.9 Å². The molecule has 4 N–H and O–H groups in total. The summed E-state index contributed by atoms with van der Waals surface area (Å²) >= 11 is 3.25. The van der Waals surface area contributed by atoms with Crippen molar-refractivity contribution in [3.8, 4) is 67.3 Å². The van der Waals surface area contributed by atoms with Gasteiger partial charge in [0.05, 0.1) is 44.8 Å². The first-order valence-electron chi connectivity index (χ1n) is 21.8. The van der Waals surface area contributed by atoms with Gasteiger partial charge in [0.25, 0.3) is 0 Å². The summed E-state index contributed by atoms with van der Waals surface area (Å²) < 4.78 is 1.02. The Kier molecular flexibility index (Phi) is 14.5. The van der Waals surface area contributed by atoms with E-state index < -0.39 is 14.2 Å². The van der Waals surface area contributed by atoms with Crippen LogP contribution in [0.2, 0.25) is 0 Å². The van der Waals surface area contributed by atoms with Crippen LogP contribution in [0.1, 0.15) is 0 Å². The smallest absolute Gasteiger partial charge is 0.423 e. The lowest BCUT2D eigenvalue weighted by atomic mass is 9.79. The minimum Gasteiger partial charge on any atom is -0.423 e. The minimum absolute atomic E-state index is 0.389. The topological polar surface area (TPSA) is 171 Å². The lowest BCUT2D eigenvalue weighted by Gasteiger charge is -2.12. The van der Waals surface area contributed by atoms with Crippen molar-refractivity contribution in [3.63, 3.8) is 0 Å². The lowest BCUT2D eigenvalue weighted by Crippen LogP contribution is -2.29. The molecule has 6 aromatic carbocycles. The molecule has 0 radical (unpaired) electrons. The number of benzene rings is 6. The van der Waals surface area contributed by atoms with Crippen LogP contribution in [-0.4, -0.2) is 69.2 Å². The van der Waals surface area contributed by atoms with Gasteiger partial charge in [-0.2, -0.15) is 0 Å². The number of rotatable bonds is 8. The fraction of sp³-hybridized carbons (Fsp3) is 0. The van der Waals surface area contributed by atoms with Crippen molar-refractivity contribution in [2.75, 3.05) is 0 Å². The molecule has 0 bridgehead atoms. The zero-order chi connectivity index (χ0) is 47.5. The molecule has 5 heterocycles. The Hall–Kier alpha value is -8.10. The molecule has 0 unspecified atom stereocenters. The molecule has 0 saturated carbocycles. The van der Waals surface area contributed by atoms with Gasteiger partial charge in [-0.05, 0) is 97.6 Å². The van der Waals surface area contributed by atoms with Crippen molar-refractivity contribution >= 4 is 63.2 Å². The van der Waals surface area contributed by atoms with Crippen LogP contribution in [0.4, 0.5) is 0 Å². The Morgan fingerprint density at radius 1 is 0.290 bits per heavy atom. The van der Waals surface area contributed by atoms with Gasteiger partial charge in [-0.1, -0.05) is 133 Å². The number of hydrogen-bond donors (Lipinski definition) is 4. The van der Waals surface area contributed by atoms with Crippen molar-refractivity contribution in [2.24, 2.45) is 0 Å². The van der Waals surface area contributed by atoms with Crippen molar-refractivity contribution in [1.82, 2.24) is 34.9 Å². The normalized spacial score (nSPS) is 10.7. The van der Waals surface area contributed by atoms with Gasteiger partial charge in [0.15, 0.2) is 0 Å². The first-order valence-corrected chi connectivity index (χ1v) is 22.6. The molecule has 0 saturated heterocycles. The van der Waals surface area contributed by atoms with Crippen LogP contribution >= 0.6 is 15.9 Å². The molecule has 69 heavy (non-hydrogen) atoms. The quantitative estimate of drug-likeness (QED) is 0.107. The molecule has 0 spiro atoms. The van der Waals surface area contributed by atoms with Gasteiger partial charge in [0.2, 0.25) is 0 Å². The summed E-state index contributed by atoms with van der Waals surface area (Å²) in [5.74, 6) is 0. The summed E-state index contributed by atoms with van der Waals surface area (Å²) in [5.41, 5.74) is 15.1. The Morgan fingerprint density at radius 2 is 0.580 bits per heavy atom. The molecule has 11 nitrogen and oxygen atoms in total. The molecule has 0 fully saturated rings. The minimum atomic E-state index is -1.53. The molecular weight excluding hydrogens is 924 g/mol. The summed E-state index contributed by atoms with van der Waals surface area (Å²) in [6.45, 7) is 0. The molecule has 332 valence electrons. The summed E-state index contributed by atoms with van der Waals surface area (Å²) in [6, 6.07) is 57.8. The Bertz CT molecular complexity index is 3230. The third-order valence-corrected chi connectivity index (χ3v) is 11.5. The van der Waals surface area contributed by atoms with Gasteiger partial charge in [-0.15, -0.1) is 0 Å². The second-order valence-electron chi connectivity index (χ2n) is 15.6. The van der Waals surface area contributed by atoms with Gasteiger partial charge in [-0.25, -0.2) is 19.9 Å². The van der Waals surface area contributed by atoms with E-state index in [2.05, 4.69) is 91.5 Å². The maximum atomic E-state index is 9.32. The van der Waals surface area contributed by atoms with Crippen LogP contribution in [-0.2, 0) is 0 Å². The Morgan fingerprint density at radius 3 is 0.826 bits per heavy atom. The zero-order valence-electron chi connectivity index (χ0n) is 36.7. The SMILES string of the molecule is Brc1cccnc1.OB(O)c1ccc(-c2nc3ccccc3nc2-c2ccc(B(O)O)cc2)cc1.c1cncc(-c2ccc(-c3nc4ccccc4nc3-c3ccc(-c4cccnc4)cc3)cc2)c1. The van der Waals surface area contributed by atoms with E-state index in [9.17, 15) is 20.1 Å². The largest absolute Gasteiger partial charge is 0.488 e. The third-order valence-electron chi connectivity index (χ3n) is 11.0. The summed E-state index contributed by atoms with van der Waals surface area (Å²) in [6.07, 6.45) is 10.8. The van der Waals surface area contributed by atoms with E-state index in [-0.39, 0.29) is 0 Å². The number of aromatic nitrogens is 7. The maximum absolute atomic E-state index is 9.32. The van der Waals surface area contributed by atoms with Crippen molar-refractivity contribution in [3.05, 3.63) is 224 Å². The molecule has 0 aliphatic rings. The van der Waals surface area contributed by atoms with Crippen molar-refractivity contribution in [1.29, 1.82) is 0 Å². The van der Waals surface area contributed by atoms with Gasteiger partial charge in [0.1, 0.15) is 0 Å².